The predicted molar refractivity (Wildman–Crippen MR) is 52.5 cm³/mol. The Morgan fingerprint density at radius 1 is 1.58 bits per heavy atom. The van der Waals surface area contributed by atoms with Crippen molar-refractivity contribution < 1.29 is 9.84 Å². The van der Waals surface area contributed by atoms with Crippen molar-refractivity contribution in [1.82, 2.24) is 0 Å². The largest absolute Gasteiger partial charge is 0.393 e. The molecule has 0 spiro atoms. The lowest BCUT2D eigenvalue weighted by Gasteiger charge is -2.27. The van der Waals surface area contributed by atoms with Crippen LogP contribution in [0.15, 0.2) is 0 Å². The quantitative estimate of drug-likeness (QED) is 0.682. The van der Waals surface area contributed by atoms with E-state index in [-0.39, 0.29) is 6.10 Å². The standard InChI is InChI=1S/C9H18O2S/c1-2-12-6-4-8-7-11-5-3-9(8)10/h8-10H,2-7H2,1H3. The van der Waals surface area contributed by atoms with Crippen molar-refractivity contribution in [2.75, 3.05) is 24.7 Å². The summed E-state index contributed by atoms with van der Waals surface area (Å²) < 4.78 is 5.31. The molecule has 1 heterocycles. The van der Waals surface area contributed by atoms with Crippen molar-refractivity contribution in [2.24, 2.45) is 5.92 Å². The molecule has 3 heteroatoms. The first-order valence-electron chi connectivity index (χ1n) is 4.68. The van der Waals surface area contributed by atoms with Gasteiger partial charge in [0.15, 0.2) is 0 Å². The highest BCUT2D eigenvalue weighted by Gasteiger charge is 2.22. The third-order valence-electron chi connectivity index (χ3n) is 2.27. The van der Waals surface area contributed by atoms with E-state index < -0.39 is 0 Å². The topological polar surface area (TPSA) is 29.5 Å². The van der Waals surface area contributed by atoms with Crippen molar-refractivity contribution in [3.8, 4) is 0 Å². The maximum Gasteiger partial charge on any atom is 0.0612 e. The highest BCUT2D eigenvalue weighted by Crippen LogP contribution is 2.19. The van der Waals surface area contributed by atoms with Gasteiger partial charge in [0, 0.05) is 12.5 Å². The average molecular weight is 190 g/mol. The van der Waals surface area contributed by atoms with Crippen LogP contribution < -0.4 is 0 Å². The molecule has 12 heavy (non-hydrogen) atoms. The first-order valence-corrected chi connectivity index (χ1v) is 5.83. The summed E-state index contributed by atoms with van der Waals surface area (Å²) in [6.07, 6.45) is 1.80. The van der Waals surface area contributed by atoms with E-state index in [2.05, 4.69) is 6.92 Å². The number of ether oxygens (including phenoxy) is 1. The minimum atomic E-state index is -0.115. The van der Waals surface area contributed by atoms with Crippen LogP contribution in [0.3, 0.4) is 0 Å². The molecule has 0 amide bonds. The smallest absolute Gasteiger partial charge is 0.0612 e. The summed E-state index contributed by atoms with van der Waals surface area (Å²) in [6.45, 7) is 3.66. The van der Waals surface area contributed by atoms with Crippen LogP contribution in [0.2, 0.25) is 0 Å². The lowest BCUT2D eigenvalue weighted by Crippen LogP contribution is -2.32. The summed E-state index contributed by atoms with van der Waals surface area (Å²) in [6, 6.07) is 0. The third kappa shape index (κ3) is 3.33. The fourth-order valence-corrected chi connectivity index (χ4v) is 2.20. The van der Waals surface area contributed by atoms with Crippen LogP contribution in [0.4, 0.5) is 0 Å². The number of hydrogen-bond donors (Lipinski definition) is 1. The van der Waals surface area contributed by atoms with Gasteiger partial charge in [-0.2, -0.15) is 11.8 Å². The molecule has 1 rings (SSSR count). The molecule has 72 valence electrons. The minimum Gasteiger partial charge on any atom is -0.393 e. The molecular weight excluding hydrogens is 172 g/mol. The average Bonchev–Trinajstić information content (AvgIpc) is 2.09. The lowest BCUT2D eigenvalue weighted by atomic mass is 9.96. The van der Waals surface area contributed by atoms with Gasteiger partial charge in [-0.05, 0) is 24.3 Å². The van der Waals surface area contributed by atoms with Crippen molar-refractivity contribution >= 4 is 11.8 Å². The SMILES string of the molecule is CCSCCC1COCCC1O. The molecule has 0 aromatic carbocycles. The molecule has 0 aromatic rings. The molecule has 0 radical (unpaired) electrons. The molecule has 0 saturated carbocycles. The zero-order chi connectivity index (χ0) is 8.81. The number of hydrogen-bond acceptors (Lipinski definition) is 3. The van der Waals surface area contributed by atoms with Gasteiger partial charge in [0.1, 0.15) is 0 Å². The summed E-state index contributed by atoms with van der Waals surface area (Å²) in [5, 5.41) is 9.58. The summed E-state index contributed by atoms with van der Waals surface area (Å²) in [7, 11) is 0. The van der Waals surface area contributed by atoms with E-state index in [1.165, 1.54) is 5.75 Å². The number of aliphatic hydroxyl groups is 1. The van der Waals surface area contributed by atoms with Crippen LogP contribution in [0.25, 0.3) is 0 Å². The fraction of sp³-hybridized carbons (Fsp3) is 1.00. The van der Waals surface area contributed by atoms with Gasteiger partial charge in [-0.1, -0.05) is 6.92 Å². The molecule has 2 atom stereocenters. The van der Waals surface area contributed by atoms with E-state index in [4.69, 9.17) is 4.74 Å². The highest BCUT2D eigenvalue weighted by atomic mass is 32.2. The lowest BCUT2D eigenvalue weighted by molar-refractivity contribution is -0.0360. The summed E-state index contributed by atoms with van der Waals surface area (Å²) >= 11 is 1.94. The van der Waals surface area contributed by atoms with Gasteiger partial charge in [0.05, 0.1) is 12.7 Å². The Balaban J connectivity index is 2.11. The second-order valence-corrected chi connectivity index (χ2v) is 4.57. The Morgan fingerprint density at radius 3 is 3.08 bits per heavy atom. The van der Waals surface area contributed by atoms with E-state index in [9.17, 15) is 5.11 Å². The van der Waals surface area contributed by atoms with Gasteiger partial charge in [-0.25, -0.2) is 0 Å². The molecule has 1 N–H and O–H groups in total. The van der Waals surface area contributed by atoms with E-state index in [0.29, 0.717) is 5.92 Å². The van der Waals surface area contributed by atoms with E-state index >= 15 is 0 Å². The zero-order valence-electron chi connectivity index (χ0n) is 7.66. The van der Waals surface area contributed by atoms with Crippen LogP contribution in [0.1, 0.15) is 19.8 Å². The van der Waals surface area contributed by atoms with Crippen LogP contribution >= 0.6 is 11.8 Å². The number of aliphatic hydroxyl groups excluding tert-OH is 1. The molecule has 0 aromatic heterocycles. The van der Waals surface area contributed by atoms with Crippen molar-refractivity contribution in [3.05, 3.63) is 0 Å². The maximum atomic E-state index is 9.58. The zero-order valence-corrected chi connectivity index (χ0v) is 8.48. The van der Waals surface area contributed by atoms with Crippen molar-refractivity contribution in [2.45, 2.75) is 25.9 Å². The van der Waals surface area contributed by atoms with Crippen molar-refractivity contribution in [1.29, 1.82) is 0 Å². The van der Waals surface area contributed by atoms with Gasteiger partial charge in [-0.3, -0.25) is 0 Å². The molecule has 1 aliphatic rings. The molecule has 1 saturated heterocycles. The Morgan fingerprint density at radius 2 is 2.42 bits per heavy atom. The van der Waals surface area contributed by atoms with Crippen LogP contribution in [0, 0.1) is 5.92 Å². The summed E-state index contributed by atoms with van der Waals surface area (Å²) in [4.78, 5) is 0. The minimum absolute atomic E-state index is 0.115. The molecule has 1 fully saturated rings. The first-order chi connectivity index (χ1) is 5.84. The number of rotatable bonds is 4. The normalized spacial score (nSPS) is 30.5. The fourth-order valence-electron chi connectivity index (χ4n) is 1.44. The number of thioether (sulfide) groups is 1. The molecule has 1 aliphatic heterocycles. The van der Waals surface area contributed by atoms with Crippen molar-refractivity contribution in [3.63, 3.8) is 0 Å². The molecule has 0 aliphatic carbocycles. The Kier molecular flexibility index (Phi) is 5.04. The van der Waals surface area contributed by atoms with Gasteiger partial charge >= 0.3 is 0 Å². The second kappa shape index (κ2) is 5.84. The first kappa shape index (κ1) is 10.4. The second-order valence-electron chi connectivity index (χ2n) is 3.18. The maximum absolute atomic E-state index is 9.58. The van der Waals surface area contributed by atoms with Gasteiger partial charge in [-0.15, -0.1) is 0 Å². The van der Waals surface area contributed by atoms with E-state index in [0.717, 1.165) is 31.8 Å². The van der Waals surface area contributed by atoms with E-state index in [1.54, 1.807) is 0 Å². The Labute approximate surface area is 78.7 Å². The van der Waals surface area contributed by atoms with Gasteiger partial charge in [0.25, 0.3) is 0 Å². The Hall–Kier alpha value is 0.270. The van der Waals surface area contributed by atoms with Crippen LogP contribution in [-0.2, 0) is 4.74 Å². The van der Waals surface area contributed by atoms with Crippen LogP contribution in [-0.4, -0.2) is 35.9 Å². The third-order valence-corrected chi connectivity index (χ3v) is 3.20. The Bertz CT molecular complexity index is 119. The molecule has 2 nitrogen and oxygen atoms in total. The molecule has 2 unspecified atom stereocenters. The molecule has 0 bridgehead atoms. The molecular formula is C9H18O2S. The van der Waals surface area contributed by atoms with Gasteiger partial charge < -0.3 is 9.84 Å². The summed E-state index contributed by atoms with van der Waals surface area (Å²) in [5.41, 5.74) is 0. The predicted octanol–water partition coefficient (Wildman–Crippen LogP) is 1.53. The van der Waals surface area contributed by atoms with Crippen LogP contribution in [0.5, 0.6) is 0 Å². The van der Waals surface area contributed by atoms with E-state index in [1.807, 2.05) is 11.8 Å². The monoisotopic (exact) mass is 190 g/mol. The highest BCUT2D eigenvalue weighted by molar-refractivity contribution is 7.99. The summed E-state index contributed by atoms with van der Waals surface area (Å²) in [5.74, 6) is 2.71. The van der Waals surface area contributed by atoms with Gasteiger partial charge in [0.2, 0.25) is 0 Å².